The summed E-state index contributed by atoms with van der Waals surface area (Å²) >= 11 is 0. The first-order valence-corrected chi connectivity index (χ1v) is 15.4. The van der Waals surface area contributed by atoms with E-state index >= 15 is 0 Å². The molecule has 0 bridgehead atoms. The maximum absolute atomic E-state index is 13.8. The molecule has 14 heteroatoms. The van der Waals surface area contributed by atoms with E-state index in [9.17, 15) is 13.5 Å². The van der Waals surface area contributed by atoms with Crippen LogP contribution >= 0.6 is 0 Å². The van der Waals surface area contributed by atoms with Gasteiger partial charge in [0, 0.05) is 24.9 Å². The molecule has 13 nitrogen and oxygen atoms in total. The summed E-state index contributed by atoms with van der Waals surface area (Å²) in [7, 11) is 0.640. The van der Waals surface area contributed by atoms with Crippen LogP contribution in [-0.4, -0.2) is 77.5 Å². The van der Waals surface area contributed by atoms with E-state index in [0.29, 0.717) is 46.8 Å². The Balaban J connectivity index is 1.45. The van der Waals surface area contributed by atoms with Crippen LogP contribution in [0.5, 0.6) is 17.2 Å². The standard InChI is InChI=1S/C30H33N7O6S/c1-19-7-9-22(10-8-19)44(39,40)37-13-11-23-27(37)29(34-30(32-23)36-12-5-6-20(36)17-38)33-26-16-35(18-31-26)21-14-24(41-2)28(43-4)25(15-21)42-3/h7-11,13-16,18,20,38H,5-6,12,17H2,1-4H3,(H,32,33,34). The van der Waals surface area contributed by atoms with Gasteiger partial charge in [0.15, 0.2) is 17.3 Å². The first-order chi connectivity index (χ1) is 21.3. The first kappa shape index (κ1) is 29.3. The molecule has 1 fully saturated rings. The van der Waals surface area contributed by atoms with Gasteiger partial charge in [0.25, 0.3) is 10.0 Å². The van der Waals surface area contributed by atoms with Gasteiger partial charge in [-0.3, -0.25) is 0 Å². The number of fused-ring (bicyclic) bond motifs is 1. The number of nitrogens with one attached hydrogen (secondary N) is 1. The number of anilines is 3. The number of hydrogen-bond acceptors (Lipinski definition) is 11. The molecule has 0 aliphatic carbocycles. The Bertz CT molecular complexity index is 1900. The van der Waals surface area contributed by atoms with Crippen LogP contribution in [0.2, 0.25) is 0 Å². The van der Waals surface area contributed by atoms with Crippen molar-refractivity contribution in [2.75, 3.05) is 44.7 Å². The third kappa shape index (κ3) is 5.15. The fourth-order valence-corrected chi connectivity index (χ4v) is 6.75. The topological polar surface area (TPSA) is 146 Å². The van der Waals surface area contributed by atoms with E-state index in [0.717, 1.165) is 18.4 Å². The summed E-state index contributed by atoms with van der Waals surface area (Å²) in [6.07, 6.45) is 6.51. The highest BCUT2D eigenvalue weighted by Crippen LogP contribution is 2.39. The van der Waals surface area contributed by atoms with Gasteiger partial charge >= 0.3 is 0 Å². The lowest BCUT2D eigenvalue weighted by atomic mass is 10.2. The van der Waals surface area contributed by atoms with E-state index < -0.39 is 10.0 Å². The maximum Gasteiger partial charge on any atom is 0.268 e. The van der Waals surface area contributed by atoms with E-state index in [2.05, 4.69) is 10.3 Å². The number of aliphatic hydroxyl groups is 1. The Hall–Kier alpha value is -4.82. The fraction of sp³-hybridized carbons (Fsp3) is 0.300. The molecule has 0 saturated carbocycles. The minimum Gasteiger partial charge on any atom is -0.493 e. The Morgan fingerprint density at radius 2 is 1.75 bits per heavy atom. The Morgan fingerprint density at radius 3 is 2.41 bits per heavy atom. The lowest BCUT2D eigenvalue weighted by molar-refractivity contribution is 0.265. The SMILES string of the molecule is COc1cc(-n2cnc(Nc3nc(N4CCCC4CO)nc4ccn(S(=O)(=O)c5ccc(C)cc5)c34)c2)cc(OC)c1OC. The van der Waals surface area contributed by atoms with Crippen LogP contribution in [0, 0.1) is 6.92 Å². The molecule has 1 aliphatic rings. The summed E-state index contributed by atoms with van der Waals surface area (Å²) in [5.74, 6) is 2.48. The van der Waals surface area contributed by atoms with Gasteiger partial charge in [-0.25, -0.2) is 22.4 Å². The zero-order valence-electron chi connectivity index (χ0n) is 24.8. The molecule has 2 aromatic carbocycles. The van der Waals surface area contributed by atoms with Crippen molar-refractivity contribution in [2.45, 2.75) is 30.7 Å². The van der Waals surface area contributed by atoms with Crippen molar-refractivity contribution in [1.82, 2.24) is 23.5 Å². The van der Waals surface area contributed by atoms with Crippen molar-refractivity contribution in [3.8, 4) is 22.9 Å². The number of aliphatic hydroxyl groups excluding tert-OH is 1. The Morgan fingerprint density at radius 1 is 1.02 bits per heavy atom. The first-order valence-electron chi connectivity index (χ1n) is 14.0. The number of rotatable bonds is 10. The van der Waals surface area contributed by atoms with Crippen molar-refractivity contribution in [3.63, 3.8) is 0 Å². The molecule has 1 unspecified atom stereocenters. The number of benzene rings is 2. The monoisotopic (exact) mass is 619 g/mol. The van der Waals surface area contributed by atoms with Gasteiger partial charge in [-0.1, -0.05) is 17.7 Å². The molecular formula is C30H33N7O6S. The predicted octanol–water partition coefficient (Wildman–Crippen LogP) is 3.89. The Labute approximate surface area is 254 Å². The van der Waals surface area contributed by atoms with E-state index in [1.165, 1.54) is 17.3 Å². The summed E-state index contributed by atoms with van der Waals surface area (Å²) < 4.78 is 47.0. The zero-order valence-corrected chi connectivity index (χ0v) is 25.6. The van der Waals surface area contributed by atoms with E-state index in [4.69, 9.17) is 24.2 Å². The summed E-state index contributed by atoms with van der Waals surface area (Å²) in [6, 6.07) is 11.8. The summed E-state index contributed by atoms with van der Waals surface area (Å²) in [6.45, 7) is 2.54. The Kier molecular flexibility index (Phi) is 7.78. The largest absolute Gasteiger partial charge is 0.493 e. The molecule has 1 saturated heterocycles. The lowest BCUT2D eigenvalue weighted by Crippen LogP contribution is -2.33. The maximum atomic E-state index is 13.8. The van der Waals surface area contributed by atoms with Gasteiger partial charge in [-0.2, -0.15) is 4.98 Å². The number of ether oxygens (including phenoxy) is 3. The summed E-state index contributed by atoms with van der Waals surface area (Å²) in [5, 5.41) is 13.2. The van der Waals surface area contributed by atoms with Crippen molar-refractivity contribution in [1.29, 1.82) is 0 Å². The molecule has 4 heterocycles. The molecule has 2 N–H and O–H groups in total. The highest BCUT2D eigenvalue weighted by atomic mass is 32.2. The number of methoxy groups -OCH3 is 3. The molecule has 3 aromatic heterocycles. The lowest BCUT2D eigenvalue weighted by Gasteiger charge is -2.23. The van der Waals surface area contributed by atoms with Crippen LogP contribution in [0.25, 0.3) is 16.7 Å². The molecule has 1 aliphatic heterocycles. The molecule has 1 atom stereocenters. The second-order valence-corrected chi connectivity index (χ2v) is 12.2. The fourth-order valence-electron chi connectivity index (χ4n) is 5.40. The zero-order chi connectivity index (χ0) is 31.0. The van der Waals surface area contributed by atoms with Crippen LogP contribution < -0.4 is 24.4 Å². The number of hydrogen-bond donors (Lipinski definition) is 2. The second-order valence-electron chi connectivity index (χ2n) is 10.4. The average molecular weight is 620 g/mol. The van der Waals surface area contributed by atoms with Crippen LogP contribution in [0.4, 0.5) is 17.6 Å². The number of imidazole rings is 1. The molecule has 0 radical (unpaired) electrons. The molecule has 6 rings (SSSR count). The summed E-state index contributed by atoms with van der Waals surface area (Å²) in [4.78, 5) is 16.1. The average Bonchev–Trinajstić information content (AvgIpc) is 3.80. The number of nitrogens with zero attached hydrogens (tertiary/aromatic N) is 6. The smallest absolute Gasteiger partial charge is 0.268 e. The van der Waals surface area contributed by atoms with Gasteiger partial charge in [-0.15, -0.1) is 0 Å². The second kappa shape index (κ2) is 11.7. The van der Waals surface area contributed by atoms with E-state index in [1.54, 1.807) is 73.8 Å². The highest BCUT2D eigenvalue weighted by Gasteiger charge is 2.29. The third-order valence-corrected chi connectivity index (χ3v) is 9.38. The molecule has 230 valence electrons. The van der Waals surface area contributed by atoms with Crippen LogP contribution in [0.15, 0.2) is 66.1 Å². The minimum absolute atomic E-state index is 0.0355. The normalized spacial score (nSPS) is 15.1. The van der Waals surface area contributed by atoms with Crippen molar-refractivity contribution >= 4 is 38.6 Å². The van der Waals surface area contributed by atoms with E-state index in [1.807, 2.05) is 11.8 Å². The third-order valence-electron chi connectivity index (χ3n) is 7.69. The van der Waals surface area contributed by atoms with Crippen molar-refractivity contribution in [2.24, 2.45) is 0 Å². The van der Waals surface area contributed by atoms with E-state index in [-0.39, 0.29) is 28.9 Å². The molecule has 5 aromatic rings. The van der Waals surface area contributed by atoms with Gasteiger partial charge in [0.2, 0.25) is 11.7 Å². The molecular weight excluding hydrogens is 586 g/mol. The minimum atomic E-state index is -3.98. The van der Waals surface area contributed by atoms with Crippen molar-refractivity contribution in [3.05, 3.63) is 66.7 Å². The molecule has 44 heavy (non-hydrogen) atoms. The van der Waals surface area contributed by atoms with Crippen LogP contribution in [-0.2, 0) is 10.0 Å². The number of aryl methyl sites for hydroxylation is 1. The molecule has 0 spiro atoms. The van der Waals surface area contributed by atoms with Crippen molar-refractivity contribution < 1.29 is 27.7 Å². The van der Waals surface area contributed by atoms with Gasteiger partial charge in [0.05, 0.1) is 56.3 Å². The quantitative estimate of drug-likeness (QED) is 0.235. The van der Waals surface area contributed by atoms with Crippen LogP contribution in [0.3, 0.4) is 0 Å². The van der Waals surface area contributed by atoms with Gasteiger partial charge in [-0.05, 0) is 38.0 Å². The van der Waals surface area contributed by atoms with Gasteiger partial charge < -0.3 is 34.1 Å². The number of aromatic nitrogens is 5. The van der Waals surface area contributed by atoms with Crippen LogP contribution in [0.1, 0.15) is 18.4 Å². The van der Waals surface area contributed by atoms with Gasteiger partial charge in [0.1, 0.15) is 17.7 Å². The predicted molar refractivity (Wildman–Crippen MR) is 165 cm³/mol. The highest BCUT2D eigenvalue weighted by molar-refractivity contribution is 7.90. The molecule has 0 amide bonds. The summed E-state index contributed by atoms with van der Waals surface area (Å²) in [5.41, 5.74) is 2.35.